The maximum absolute atomic E-state index is 11.8. The van der Waals surface area contributed by atoms with Crippen LogP contribution in [0.3, 0.4) is 0 Å². The largest absolute Gasteiger partial charge is 0.490 e. The lowest BCUT2D eigenvalue weighted by atomic mass is 10.2. The van der Waals surface area contributed by atoms with Gasteiger partial charge in [0, 0.05) is 20.0 Å². The normalized spacial score (nSPS) is 11.8. The lowest BCUT2D eigenvalue weighted by Gasteiger charge is -2.18. The van der Waals surface area contributed by atoms with E-state index in [0.717, 1.165) is 5.75 Å². The molecule has 0 radical (unpaired) electrons. The third kappa shape index (κ3) is 6.49. The first-order chi connectivity index (χ1) is 10.0. The molecule has 0 aliphatic heterocycles. The van der Waals surface area contributed by atoms with Crippen LogP contribution < -0.4 is 9.47 Å². The van der Waals surface area contributed by atoms with Crippen LogP contribution in [-0.2, 0) is 4.79 Å². The summed E-state index contributed by atoms with van der Waals surface area (Å²) in [6, 6.07) is 7.50. The average Bonchev–Trinajstić information content (AvgIpc) is 2.44. The Bertz CT molecular complexity index is 434. The number of benzene rings is 1. The minimum Gasteiger partial charge on any atom is -0.490 e. The number of carbonyl (C=O) groups excluding carboxylic acids is 1. The van der Waals surface area contributed by atoms with E-state index in [2.05, 4.69) is 0 Å². The van der Waals surface area contributed by atoms with Gasteiger partial charge in [0.15, 0.2) is 11.5 Å². The summed E-state index contributed by atoms with van der Waals surface area (Å²) in [6.45, 7) is 4.99. The molecular weight excluding hydrogens is 270 g/mol. The summed E-state index contributed by atoms with van der Waals surface area (Å²) in [6.07, 6.45) is 0.525. The van der Waals surface area contributed by atoms with Crippen molar-refractivity contribution < 1.29 is 19.4 Å². The second kappa shape index (κ2) is 9.23. The van der Waals surface area contributed by atoms with Crippen molar-refractivity contribution in [3.8, 4) is 11.5 Å². The molecule has 0 spiro atoms. The average molecular weight is 295 g/mol. The van der Waals surface area contributed by atoms with E-state index in [0.29, 0.717) is 38.3 Å². The van der Waals surface area contributed by atoms with Crippen molar-refractivity contribution in [2.45, 2.75) is 32.8 Å². The fourth-order valence-corrected chi connectivity index (χ4v) is 1.94. The van der Waals surface area contributed by atoms with Crippen LogP contribution in [0, 0.1) is 0 Å². The zero-order valence-electron chi connectivity index (χ0n) is 13.0. The van der Waals surface area contributed by atoms with Gasteiger partial charge in [-0.05, 0) is 32.4 Å². The van der Waals surface area contributed by atoms with Gasteiger partial charge in [-0.1, -0.05) is 12.1 Å². The fraction of sp³-hybridized carbons (Fsp3) is 0.562. The Kier molecular flexibility index (Phi) is 7.61. The van der Waals surface area contributed by atoms with Crippen LogP contribution in [0.15, 0.2) is 24.3 Å². The fourth-order valence-electron chi connectivity index (χ4n) is 1.94. The zero-order chi connectivity index (χ0) is 15.7. The molecule has 118 valence electrons. The van der Waals surface area contributed by atoms with E-state index in [1.807, 2.05) is 31.2 Å². The van der Waals surface area contributed by atoms with E-state index in [-0.39, 0.29) is 5.91 Å². The maximum atomic E-state index is 11.8. The molecule has 1 amide bonds. The quantitative estimate of drug-likeness (QED) is 0.709. The third-order valence-electron chi connectivity index (χ3n) is 2.91. The number of amides is 1. The highest BCUT2D eigenvalue weighted by Gasteiger charge is 2.11. The van der Waals surface area contributed by atoms with Crippen molar-refractivity contribution in [2.24, 2.45) is 0 Å². The third-order valence-corrected chi connectivity index (χ3v) is 2.91. The molecule has 0 fully saturated rings. The molecule has 1 rings (SSSR count). The highest BCUT2D eigenvalue weighted by atomic mass is 16.5. The van der Waals surface area contributed by atoms with E-state index < -0.39 is 6.10 Å². The lowest BCUT2D eigenvalue weighted by Crippen LogP contribution is -2.33. The van der Waals surface area contributed by atoms with Crippen molar-refractivity contribution in [1.82, 2.24) is 4.90 Å². The smallest absolute Gasteiger partial charge is 0.222 e. The molecule has 1 atom stereocenters. The van der Waals surface area contributed by atoms with Crippen molar-refractivity contribution in [3.63, 3.8) is 0 Å². The molecule has 0 aromatic heterocycles. The van der Waals surface area contributed by atoms with Gasteiger partial charge in [-0.25, -0.2) is 0 Å². The van der Waals surface area contributed by atoms with Crippen molar-refractivity contribution in [1.29, 1.82) is 0 Å². The van der Waals surface area contributed by atoms with Crippen LogP contribution in [0.25, 0.3) is 0 Å². The molecule has 0 unspecified atom stereocenters. The molecule has 0 aliphatic rings. The predicted octanol–water partition coefficient (Wildman–Crippen LogP) is 2.08. The first kappa shape index (κ1) is 17.3. The Labute approximate surface area is 126 Å². The summed E-state index contributed by atoms with van der Waals surface area (Å²) in [5.74, 6) is 1.43. The van der Waals surface area contributed by atoms with E-state index in [1.165, 1.54) is 0 Å². The van der Waals surface area contributed by atoms with Crippen LogP contribution in [-0.4, -0.2) is 48.8 Å². The van der Waals surface area contributed by atoms with Gasteiger partial charge in [0.25, 0.3) is 0 Å². The summed E-state index contributed by atoms with van der Waals surface area (Å²) in [5.41, 5.74) is 0. The molecule has 0 saturated heterocycles. The van der Waals surface area contributed by atoms with E-state index >= 15 is 0 Å². The Balaban J connectivity index is 2.32. The van der Waals surface area contributed by atoms with Crippen LogP contribution in [0.4, 0.5) is 0 Å². The number of carbonyl (C=O) groups is 1. The Morgan fingerprint density at radius 3 is 2.48 bits per heavy atom. The monoisotopic (exact) mass is 295 g/mol. The van der Waals surface area contributed by atoms with Gasteiger partial charge in [0.2, 0.25) is 5.91 Å². The number of ether oxygens (including phenoxy) is 2. The van der Waals surface area contributed by atoms with Crippen LogP contribution in [0.1, 0.15) is 26.7 Å². The minimum absolute atomic E-state index is 0.0117. The second-order valence-electron chi connectivity index (χ2n) is 4.96. The van der Waals surface area contributed by atoms with Gasteiger partial charge in [-0.15, -0.1) is 0 Å². The number of nitrogens with zero attached hydrogens (tertiary/aromatic N) is 1. The molecule has 21 heavy (non-hydrogen) atoms. The molecule has 1 aromatic rings. The molecule has 5 nitrogen and oxygen atoms in total. The zero-order valence-corrected chi connectivity index (χ0v) is 13.0. The Morgan fingerprint density at radius 1 is 1.29 bits per heavy atom. The predicted molar refractivity (Wildman–Crippen MR) is 81.7 cm³/mol. The maximum Gasteiger partial charge on any atom is 0.222 e. The van der Waals surface area contributed by atoms with Gasteiger partial charge < -0.3 is 19.5 Å². The number of para-hydroxylation sites is 2. The topological polar surface area (TPSA) is 59.0 Å². The van der Waals surface area contributed by atoms with Crippen molar-refractivity contribution in [2.75, 3.05) is 26.8 Å². The number of likely N-dealkylation sites (N-methyl/N-ethyl adjacent to an activating group) is 1. The van der Waals surface area contributed by atoms with Crippen molar-refractivity contribution in [3.05, 3.63) is 24.3 Å². The molecule has 1 aromatic carbocycles. The van der Waals surface area contributed by atoms with Crippen LogP contribution in [0.5, 0.6) is 11.5 Å². The van der Waals surface area contributed by atoms with Gasteiger partial charge in [0.1, 0.15) is 0 Å². The first-order valence-electron chi connectivity index (χ1n) is 7.31. The van der Waals surface area contributed by atoms with Gasteiger partial charge in [-0.3, -0.25) is 4.79 Å². The van der Waals surface area contributed by atoms with E-state index in [4.69, 9.17) is 9.47 Å². The summed E-state index contributed by atoms with van der Waals surface area (Å²) in [7, 11) is 1.69. The SMILES string of the molecule is CCOc1ccccc1OCCCC(=O)N(C)C[C@H](C)O. The molecule has 0 bridgehead atoms. The van der Waals surface area contributed by atoms with Gasteiger partial charge in [0.05, 0.1) is 19.3 Å². The molecule has 0 aliphatic carbocycles. The highest BCUT2D eigenvalue weighted by molar-refractivity contribution is 5.75. The van der Waals surface area contributed by atoms with Crippen LogP contribution in [0.2, 0.25) is 0 Å². The summed E-state index contributed by atoms with van der Waals surface area (Å²) in [5, 5.41) is 9.24. The van der Waals surface area contributed by atoms with E-state index in [9.17, 15) is 9.90 Å². The summed E-state index contributed by atoms with van der Waals surface area (Å²) in [4.78, 5) is 13.3. The molecule has 0 heterocycles. The number of hydrogen-bond acceptors (Lipinski definition) is 4. The number of hydrogen-bond donors (Lipinski definition) is 1. The van der Waals surface area contributed by atoms with Gasteiger partial charge in [-0.2, -0.15) is 0 Å². The number of aliphatic hydroxyl groups excluding tert-OH is 1. The number of rotatable bonds is 9. The first-order valence-corrected chi connectivity index (χ1v) is 7.31. The Morgan fingerprint density at radius 2 is 1.90 bits per heavy atom. The number of aliphatic hydroxyl groups is 1. The highest BCUT2D eigenvalue weighted by Crippen LogP contribution is 2.26. The second-order valence-corrected chi connectivity index (χ2v) is 4.96. The minimum atomic E-state index is -0.506. The summed E-state index contributed by atoms with van der Waals surface area (Å²) >= 11 is 0. The van der Waals surface area contributed by atoms with Crippen molar-refractivity contribution >= 4 is 5.91 Å². The standard InChI is InChI=1S/C16H25NO4/c1-4-20-14-8-5-6-9-15(14)21-11-7-10-16(19)17(3)12-13(2)18/h5-6,8-9,13,18H,4,7,10-12H2,1-3H3/t13-/m0/s1. The molecular formula is C16H25NO4. The van der Waals surface area contributed by atoms with Gasteiger partial charge >= 0.3 is 0 Å². The van der Waals surface area contributed by atoms with Crippen LogP contribution >= 0.6 is 0 Å². The molecule has 1 N–H and O–H groups in total. The Hall–Kier alpha value is -1.75. The molecule has 0 saturated carbocycles. The van der Waals surface area contributed by atoms with E-state index in [1.54, 1.807) is 18.9 Å². The summed E-state index contributed by atoms with van der Waals surface area (Å²) < 4.78 is 11.1. The molecule has 5 heteroatoms. The lowest BCUT2D eigenvalue weighted by molar-refractivity contribution is -0.131.